The molecule has 0 bridgehead atoms. The van der Waals surface area contributed by atoms with E-state index in [-0.39, 0.29) is 31.1 Å². The molecule has 0 amide bonds. The maximum absolute atomic E-state index is 12.9. The summed E-state index contributed by atoms with van der Waals surface area (Å²) in [5.41, 5.74) is 0. The van der Waals surface area contributed by atoms with Crippen molar-refractivity contribution < 1.29 is 28.6 Å². The summed E-state index contributed by atoms with van der Waals surface area (Å²) < 4.78 is 17.0. The number of allylic oxidation sites excluding steroid dienone is 16. The Bertz CT molecular complexity index is 1610. The van der Waals surface area contributed by atoms with Crippen molar-refractivity contribution in [2.45, 2.75) is 361 Å². The molecule has 83 heavy (non-hydrogen) atoms. The molecule has 0 saturated heterocycles. The fourth-order valence-electron chi connectivity index (χ4n) is 10.3. The molecular formula is C77H134O6. The minimum absolute atomic E-state index is 0.0779. The number of carbonyl (C=O) groups excluding carboxylic acids is 3. The number of carbonyl (C=O) groups is 3. The van der Waals surface area contributed by atoms with Gasteiger partial charge in [0.25, 0.3) is 0 Å². The van der Waals surface area contributed by atoms with Crippen LogP contribution in [0.4, 0.5) is 0 Å². The Morgan fingerprint density at radius 3 is 0.735 bits per heavy atom. The van der Waals surface area contributed by atoms with Crippen LogP contribution in [0.1, 0.15) is 355 Å². The molecule has 0 aromatic heterocycles. The van der Waals surface area contributed by atoms with Gasteiger partial charge in [0.05, 0.1) is 0 Å². The minimum atomic E-state index is -0.783. The number of esters is 3. The molecule has 0 aromatic carbocycles. The predicted molar refractivity (Wildman–Crippen MR) is 362 cm³/mol. The van der Waals surface area contributed by atoms with Gasteiger partial charge < -0.3 is 14.2 Å². The smallest absolute Gasteiger partial charge is 0.306 e. The molecule has 0 spiro atoms. The first-order chi connectivity index (χ1) is 41.0. The number of ether oxygens (including phenoxy) is 3. The van der Waals surface area contributed by atoms with Gasteiger partial charge in [-0.05, 0) is 96.3 Å². The van der Waals surface area contributed by atoms with Crippen LogP contribution in [-0.4, -0.2) is 37.2 Å². The first-order valence-corrected chi connectivity index (χ1v) is 35.7. The summed E-state index contributed by atoms with van der Waals surface area (Å²) in [6, 6.07) is 0. The van der Waals surface area contributed by atoms with E-state index in [1.54, 1.807) is 0 Å². The highest BCUT2D eigenvalue weighted by atomic mass is 16.6. The van der Waals surface area contributed by atoms with E-state index in [2.05, 4.69) is 118 Å². The normalized spacial score (nSPS) is 12.7. The fraction of sp³-hybridized carbons (Fsp3) is 0.753. The van der Waals surface area contributed by atoms with Gasteiger partial charge in [-0.1, -0.05) is 336 Å². The molecule has 1 unspecified atom stereocenters. The molecule has 0 aliphatic rings. The van der Waals surface area contributed by atoms with Crippen LogP contribution in [-0.2, 0) is 28.6 Å². The SMILES string of the molecule is CC/C=C\C/C=C\C/C=C\C/C=C\CCCCCCCCCCCCCCCCCCCCCCC(=O)OCC(COC(=O)CCCCCCCCCCCCCCC)OC(=O)CCCCCCCC/C=C\C/C=C\C/C=C\C/C=C\CC. The van der Waals surface area contributed by atoms with Gasteiger partial charge in [0.15, 0.2) is 6.10 Å². The monoisotopic (exact) mass is 1160 g/mol. The lowest BCUT2D eigenvalue weighted by molar-refractivity contribution is -0.167. The standard InChI is InChI=1S/C77H134O6/c1-4-7-10-13-16-19-22-25-27-29-31-32-33-34-35-36-37-38-39-40-41-42-43-44-46-47-49-52-55-58-61-64-67-70-76(79)82-73-74(72-81-75(78)69-66-63-60-57-54-51-24-21-18-15-12-9-6-3)83-77(80)71-68-65-62-59-56-53-50-48-45-30-28-26-23-20-17-14-11-8-5-2/h7-8,10-11,16-17,19-20,25-28,31-32,45,48,74H,4-6,9,12-15,18,21-24,29-30,33-44,46-47,49-73H2,1-3H3/b10-7-,11-8-,19-16-,20-17-,27-25-,28-26-,32-31-,48-45-. The van der Waals surface area contributed by atoms with Crippen LogP contribution < -0.4 is 0 Å². The van der Waals surface area contributed by atoms with Crippen molar-refractivity contribution in [1.82, 2.24) is 0 Å². The summed E-state index contributed by atoms with van der Waals surface area (Å²) in [5.74, 6) is -0.873. The van der Waals surface area contributed by atoms with Crippen molar-refractivity contribution >= 4 is 17.9 Å². The molecule has 0 saturated carbocycles. The Balaban J connectivity index is 4.18. The first kappa shape index (κ1) is 79.3. The van der Waals surface area contributed by atoms with E-state index in [0.717, 1.165) is 122 Å². The minimum Gasteiger partial charge on any atom is -0.462 e. The summed E-state index contributed by atoms with van der Waals surface area (Å²) in [5, 5.41) is 0. The Kier molecular flexibility index (Phi) is 67.7. The van der Waals surface area contributed by atoms with Gasteiger partial charge in [-0.2, -0.15) is 0 Å². The summed E-state index contributed by atoms with van der Waals surface area (Å²) in [6.45, 7) is 6.45. The predicted octanol–water partition coefficient (Wildman–Crippen LogP) is 24.8. The highest BCUT2D eigenvalue weighted by molar-refractivity contribution is 5.71. The molecule has 6 nitrogen and oxygen atoms in total. The van der Waals surface area contributed by atoms with E-state index in [4.69, 9.17) is 14.2 Å². The fourth-order valence-corrected chi connectivity index (χ4v) is 10.3. The molecule has 0 aromatic rings. The van der Waals surface area contributed by atoms with Gasteiger partial charge in [-0.3, -0.25) is 14.4 Å². The quantitative estimate of drug-likeness (QED) is 0.0261. The van der Waals surface area contributed by atoms with E-state index in [1.165, 1.54) is 193 Å². The van der Waals surface area contributed by atoms with Gasteiger partial charge >= 0.3 is 17.9 Å². The van der Waals surface area contributed by atoms with Crippen LogP contribution in [0.25, 0.3) is 0 Å². The molecule has 1 atom stereocenters. The Labute approximate surface area is 515 Å². The topological polar surface area (TPSA) is 78.9 Å². The summed E-state index contributed by atoms with van der Waals surface area (Å²) >= 11 is 0. The highest BCUT2D eigenvalue weighted by Crippen LogP contribution is 2.18. The van der Waals surface area contributed by atoms with Crippen LogP contribution >= 0.6 is 0 Å². The average molecular weight is 1160 g/mol. The van der Waals surface area contributed by atoms with Crippen LogP contribution in [0.5, 0.6) is 0 Å². The van der Waals surface area contributed by atoms with E-state index in [9.17, 15) is 14.4 Å². The average Bonchev–Trinajstić information content (AvgIpc) is 3.49. The van der Waals surface area contributed by atoms with Crippen LogP contribution in [0.15, 0.2) is 97.2 Å². The lowest BCUT2D eigenvalue weighted by atomic mass is 10.0. The number of hydrogen-bond donors (Lipinski definition) is 0. The zero-order chi connectivity index (χ0) is 59.9. The van der Waals surface area contributed by atoms with Crippen LogP contribution in [0.2, 0.25) is 0 Å². The largest absolute Gasteiger partial charge is 0.462 e. The molecule has 6 heteroatoms. The molecule has 0 heterocycles. The van der Waals surface area contributed by atoms with Crippen molar-refractivity contribution in [2.24, 2.45) is 0 Å². The Morgan fingerprint density at radius 2 is 0.470 bits per heavy atom. The zero-order valence-corrected chi connectivity index (χ0v) is 54.9. The van der Waals surface area contributed by atoms with Crippen molar-refractivity contribution in [2.75, 3.05) is 13.2 Å². The molecule has 0 aliphatic carbocycles. The molecular weight excluding hydrogens is 1020 g/mol. The van der Waals surface area contributed by atoms with Gasteiger partial charge in [0, 0.05) is 19.3 Å². The second-order valence-electron chi connectivity index (χ2n) is 23.7. The molecule has 0 aliphatic heterocycles. The highest BCUT2D eigenvalue weighted by Gasteiger charge is 2.19. The number of rotatable bonds is 65. The van der Waals surface area contributed by atoms with Crippen LogP contribution in [0.3, 0.4) is 0 Å². The second kappa shape index (κ2) is 70.8. The third kappa shape index (κ3) is 69.0. The Morgan fingerprint density at radius 1 is 0.253 bits per heavy atom. The maximum Gasteiger partial charge on any atom is 0.306 e. The summed E-state index contributed by atoms with van der Waals surface area (Å²) in [7, 11) is 0. The van der Waals surface area contributed by atoms with Crippen molar-refractivity contribution in [3.05, 3.63) is 97.2 Å². The van der Waals surface area contributed by atoms with Crippen LogP contribution in [0, 0.1) is 0 Å². The third-order valence-electron chi connectivity index (χ3n) is 15.6. The zero-order valence-electron chi connectivity index (χ0n) is 54.9. The van der Waals surface area contributed by atoms with E-state index < -0.39 is 6.10 Å². The van der Waals surface area contributed by atoms with Crippen molar-refractivity contribution in [1.29, 1.82) is 0 Å². The molecule has 478 valence electrons. The van der Waals surface area contributed by atoms with E-state index in [1.807, 2.05) is 0 Å². The first-order valence-electron chi connectivity index (χ1n) is 35.7. The molecule has 0 radical (unpaired) electrons. The van der Waals surface area contributed by atoms with Gasteiger partial charge in [0.2, 0.25) is 0 Å². The van der Waals surface area contributed by atoms with Gasteiger partial charge in [0.1, 0.15) is 13.2 Å². The lowest BCUT2D eigenvalue weighted by Gasteiger charge is -2.18. The number of hydrogen-bond acceptors (Lipinski definition) is 6. The number of unbranched alkanes of at least 4 members (excludes halogenated alkanes) is 38. The van der Waals surface area contributed by atoms with Gasteiger partial charge in [-0.15, -0.1) is 0 Å². The Hall–Kier alpha value is -3.67. The van der Waals surface area contributed by atoms with Crippen molar-refractivity contribution in [3.8, 4) is 0 Å². The van der Waals surface area contributed by atoms with Crippen molar-refractivity contribution in [3.63, 3.8) is 0 Å². The summed E-state index contributed by atoms with van der Waals surface area (Å²) in [4.78, 5) is 38.4. The third-order valence-corrected chi connectivity index (χ3v) is 15.6. The second-order valence-corrected chi connectivity index (χ2v) is 23.7. The van der Waals surface area contributed by atoms with E-state index in [0.29, 0.717) is 19.3 Å². The maximum atomic E-state index is 12.9. The molecule has 0 N–H and O–H groups in total. The lowest BCUT2D eigenvalue weighted by Crippen LogP contribution is -2.30. The van der Waals surface area contributed by atoms with Gasteiger partial charge in [-0.25, -0.2) is 0 Å². The summed E-state index contributed by atoms with van der Waals surface area (Å²) in [6.07, 6.45) is 95.9. The molecule has 0 rings (SSSR count). The molecule has 0 fully saturated rings. The van der Waals surface area contributed by atoms with E-state index >= 15 is 0 Å².